The van der Waals surface area contributed by atoms with Crippen molar-refractivity contribution in [1.29, 1.82) is 0 Å². The number of hydrogen-bond donors (Lipinski definition) is 1. The van der Waals surface area contributed by atoms with Gasteiger partial charge in [0.05, 0.1) is 0 Å². The van der Waals surface area contributed by atoms with Crippen LogP contribution in [0, 0.1) is 13.8 Å². The molecule has 1 unspecified atom stereocenters. The molecule has 2 rings (SSSR count). The van der Waals surface area contributed by atoms with Crippen molar-refractivity contribution in [2.75, 3.05) is 31.1 Å². The smallest absolute Gasteiger partial charge is 0.0448 e. The summed E-state index contributed by atoms with van der Waals surface area (Å²) in [7, 11) is 0. The number of rotatable bonds is 5. The van der Waals surface area contributed by atoms with Gasteiger partial charge in [-0.05, 0) is 39.4 Å². The van der Waals surface area contributed by atoms with Gasteiger partial charge < -0.3 is 10.6 Å². The Hall–Kier alpha value is -1.13. The van der Waals surface area contributed by atoms with Gasteiger partial charge in [0, 0.05) is 48.3 Å². The van der Waals surface area contributed by atoms with Crippen LogP contribution in [-0.4, -0.2) is 42.1 Å². The number of nitrogens with two attached hydrogens (primary N) is 1. The first-order valence-electron chi connectivity index (χ1n) is 7.76. The molecule has 4 nitrogen and oxygen atoms in total. The standard InChI is InChI=1S/C16H28N4/c1-5-19(6-2)14-7-8-20(11-14)16-9-12(3)18-13(4)15(16)10-17/h9,14H,5-8,10-11,17H2,1-4H3. The lowest BCUT2D eigenvalue weighted by Gasteiger charge is -2.27. The predicted molar refractivity (Wildman–Crippen MR) is 85.1 cm³/mol. The fraction of sp³-hybridized carbons (Fsp3) is 0.688. The SMILES string of the molecule is CCN(CC)C1CCN(c2cc(C)nc(C)c2CN)C1. The van der Waals surface area contributed by atoms with E-state index >= 15 is 0 Å². The van der Waals surface area contributed by atoms with Crippen molar-refractivity contribution in [2.45, 2.75) is 46.7 Å². The van der Waals surface area contributed by atoms with Crippen molar-refractivity contribution in [3.8, 4) is 0 Å². The maximum absolute atomic E-state index is 5.94. The molecule has 20 heavy (non-hydrogen) atoms. The minimum absolute atomic E-state index is 0.570. The third-order valence-electron chi connectivity index (χ3n) is 4.47. The van der Waals surface area contributed by atoms with E-state index in [9.17, 15) is 0 Å². The Balaban J connectivity index is 2.21. The maximum atomic E-state index is 5.94. The summed E-state index contributed by atoms with van der Waals surface area (Å²) in [5.41, 5.74) is 10.6. The molecule has 2 heterocycles. The van der Waals surface area contributed by atoms with E-state index in [2.05, 4.69) is 48.5 Å². The molecule has 1 aromatic heterocycles. The van der Waals surface area contributed by atoms with Crippen LogP contribution < -0.4 is 10.6 Å². The number of nitrogens with zero attached hydrogens (tertiary/aromatic N) is 3. The number of hydrogen-bond acceptors (Lipinski definition) is 4. The van der Waals surface area contributed by atoms with Gasteiger partial charge in [0.2, 0.25) is 0 Å². The van der Waals surface area contributed by atoms with E-state index in [-0.39, 0.29) is 0 Å². The molecule has 2 N–H and O–H groups in total. The molecular weight excluding hydrogens is 248 g/mol. The van der Waals surface area contributed by atoms with E-state index in [0.717, 1.165) is 37.6 Å². The zero-order valence-electron chi connectivity index (χ0n) is 13.3. The summed E-state index contributed by atoms with van der Waals surface area (Å²) < 4.78 is 0. The number of anilines is 1. The lowest BCUT2D eigenvalue weighted by Crippen LogP contribution is -2.37. The Morgan fingerprint density at radius 1 is 1.35 bits per heavy atom. The van der Waals surface area contributed by atoms with Gasteiger partial charge in [-0.25, -0.2) is 0 Å². The normalized spacial score (nSPS) is 19.1. The number of pyridine rings is 1. The Morgan fingerprint density at radius 2 is 2.05 bits per heavy atom. The third kappa shape index (κ3) is 2.96. The van der Waals surface area contributed by atoms with Gasteiger partial charge in [-0.1, -0.05) is 13.8 Å². The van der Waals surface area contributed by atoms with E-state index in [1.807, 2.05) is 0 Å². The summed E-state index contributed by atoms with van der Waals surface area (Å²) in [4.78, 5) is 9.60. The second kappa shape index (κ2) is 6.55. The lowest BCUT2D eigenvalue weighted by atomic mass is 10.1. The Labute approximate surface area is 123 Å². The van der Waals surface area contributed by atoms with Gasteiger partial charge in [0.15, 0.2) is 0 Å². The fourth-order valence-electron chi connectivity index (χ4n) is 3.37. The van der Waals surface area contributed by atoms with Crippen LogP contribution in [0.2, 0.25) is 0 Å². The molecule has 1 atom stereocenters. The molecule has 0 spiro atoms. The highest BCUT2D eigenvalue weighted by molar-refractivity contribution is 5.57. The number of likely N-dealkylation sites (N-methyl/N-ethyl adjacent to an activating group) is 1. The van der Waals surface area contributed by atoms with Crippen LogP contribution >= 0.6 is 0 Å². The monoisotopic (exact) mass is 276 g/mol. The Bertz CT molecular complexity index is 454. The molecule has 0 aliphatic carbocycles. The summed E-state index contributed by atoms with van der Waals surface area (Å²) in [6.07, 6.45) is 1.24. The summed E-state index contributed by atoms with van der Waals surface area (Å²) in [6.45, 7) is 13.7. The summed E-state index contributed by atoms with van der Waals surface area (Å²) >= 11 is 0. The van der Waals surface area contributed by atoms with Crippen molar-refractivity contribution in [3.63, 3.8) is 0 Å². The highest BCUT2D eigenvalue weighted by Gasteiger charge is 2.27. The molecule has 4 heteroatoms. The van der Waals surface area contributed by atoms with Crippen LogP contribution in [0.5, 0.6) is 0 Å². The van der Waals surface area contributed by atoms with E-state index in [4.69, 9.17) is 5.73 Å². The van der Waals surface area contributed by atoms with Gasteiger partial charge in [-0.15, -0.1) is 0 Å². The second-order valence-corrected chi connectivity index (χ2v) is 5.66. The molecule has 112 valence electrons. The highest BCUT2D eigenvalue weighted by Crippen LogP contribution is 2.28. The highest BCUT2D eigenvalue weighted by atomic mass is 15.3. The molecule has 1 aliphatic heterocycles. The van der Waals surface area contributed by atoms with Crippen LogP contribution in [-0.2, 0) is 6.54 Å². The molecule has 0 bridgehead atoms. The largest absolute Gasteiger partial charge is 0.370 e. The van der Waals surface area contributed by atoms with Crippen LogP contribution in [0.25, 0.3) is 0 Å². The molecular formula is C16H28N4. The molecule has 0 radical (unpaired) electrons. The van der Waals surface area contributed by atoms with Crippen LogP contribution in [0.15, 0.2) is 6.07 Å². The van der Waals surface area contributed by atoms with E-state index in [1.54, 1.807) is 0 Å². The average molecular weight is 276 g/mol. The van der Waals surface area contributed by atoms with Crippen LogP contribution in [0.1, 0.15) is 37.2 Å². The molecule has 1 saturated heterocycles. The van der Waals surface area contributed by atoms with Gasteiger partial charge in [-0.2, -0.15) is 0 Å². The number of aromatic nitrogens is 1. The first-order valence-corrected chi connectivity index (χ1v) is 7.76. The summed E-state index contributed by atoms with van der Waals surface area (Å²) in [5.74, 6) is 0. The first kappa shape index (κ1) is 15.3. The molecule has 1 aliphatic rings. The molecule has 0 saturated carbocycles. The minimum atomic E-state index is 0.570. The molecule has 0 aromatic carbocycles. The van der Waals surface area contributed by atoms with Crippen molar-refractivity contribution in [2.24, 2.45) is 5.73 Å². The van der Waals surface area contributed by atoms with Gasteiger partial charge in [0.1, 0.15) is 0 Å². The van der Waals surface area contributed by atoms with Crippen molar-refractivity contribution in [3.05, 3.63) is 23.0 Å². The topological polar surface area (TPSA) is 45.4 Å². The van der Waals surface area contributed by atoms with Crippen molar-refractivity contribution in [1.82, 2.24) is 9.88 Å². The minimum Gasteiger partial charge on any atom is -0.370 e. The Morgan fingerprint density at radius 3 is 2.65 bits per heavy atom. The van der Waals surface area contributed by atoms with Crippen LogP contribution in [0.4, 0.5) is 5.69 Å². The quantitative estimate of drug-likeness (QED) is 0.894. The van der Waals surface area contributed by atoms with Crippen molar-refractivity contribution < 1.29 is 0 Å². The van der Waals surface area contributed by atoms with E-state index < -0.39 is 0 Å². The zero-order chi connectivity index (χ0) is 14.7. The molecule has 0 amide bonds. The molecule has 1 aromatic rings. The fourth-order valence-corrected chi connectivity index (χ4v) is 3.37. The van der Waals surface area contributed by atoms with Gasteiger partial charge >= 0.3 is 0 Å². The maximum Gasteiger partial charge on any atom is 0.0448 e. The summed E-state index contributed by atoms with van der Waals surface area (Å²) in [6, 6.07) is 2.86. The molecule has 1 fully saturated rings. The van der Waals surface area contributed by atoms with Crippen molar-refractivity contribution >= 4 is 5.69 Å². The third-order valence-corrected chi connectivity index (χ3v) is 4.47. The van der Waals surface area contributed by atoms with E-state index in [1.165, 1.54) is 17.7 Å². The van der Waals surface area contributed by atoms with Gasteiger partial charge in [0.25, 0.3) is 0 Å². The van der Waals surface area contributed by atoms with E-state index in [0.29, 0.717) is 12.6 Å². The Kier molecular flexibility index (Phi) is 5.00. The second-order valence-electron chi connectivity index (χ2n) is 5.66. The average Bonchev–Trinajstić information content (AvgIpc) is 2.89. The predicted octanol–water partition coefficient (Wildman–Crippen LogP) is 2.08. The van der Waals surface area contributed by atoms with Gasteiger partial charge in [-0.3, -0.25) is 9.88 Å². The zero-order valence-corrected chi connectivity index (χ0v) is 13.3. The number of aryl methyl sites for hydroxylation is 2. The first-order chi connectivity index (χ1) is 9.60. The summed E-state index contributed by atoms with van der Waals surface area (Å²) in [5, 5.41) is 0. The lowest BCUT2D eigenvalue weighted by molar-refractivity contribution is 0.232. The van der Waals surface area contributed by atoms with Crippen LogP contribution in [0.3, 0.4) is 0 Å².